The molecule has 2 aromatic rings. The fourth-order valence-electron chi connectivity index (χ4n) is 1.32. The molecule has 0 aliphatic carbocycles. The van der Waals surface area contributed by atoms with Crippen molar-refractivity contribution in [3.8, 4) is 11.5 Å². The third-order valence-corrected chi connectivity index (χ3v) is 5.71. The fourth-order valence-corrected chi connectivity index (χ4v) is 4.79. The van der Waals surface area contributed by atoms with Gasteiger partial charge in [-0.2, -0.15) is 0 Å². The Hall–Kier alpha value is -0.240. The lowest BCUT2D eigenvalue weighted by Gasteiger charge is -1.99. The number of hydrogen-bond donors (Lipinski definition) is 2. The van der Waals surface area contributed by atoms with E-state index in [0.29, 0.717) is 14.3 Å². The molecule has 24 heavy (non-hydrogen) atoms. The molecule has 2 rings (SSSR count). The van der Waals surface area contributed by atoms with Crippen molar-refractivity contribution in [2.45, 2.75) is 0 Å². The third-order valence-electron chi connectivity index (χ3n) is 2.42. The van der Waals surface area contributed by atoms with E-state index in [0.717, 1.165) is 0 Å². The Bertz CT molecular complexity index is 701. The van der Waals surface area contributed by atoms with E-state index in [-0.39, 0.29) is 22.9 Å². The predicted molar refractivity (Wildman–Crippen MR) is 120 cm³/mol. The van der Waals surface area contributed by atoms with E-state index >= 15 is 0 Å². The molecule has 0 fully saturated rings. The molecule has 0 saturated heterocycles. The van der Waals surface area contributed by atoms with Gasteiger partial charge in [-0.05, 0) is 90.4 Å². The smallest absolute Gasteiger partial charge is 0.271 e. The number of rotatable bonds is 2. The summed E-state index contributed by atoms with van der Waals surface area (Å²) in [5.74, 6) is 0.198. The molecule has 0 aromatic heterocycles. The Balaban J connectivity index is 0.000000240. The number of benzene rings is 2. The first-order valence-electron chi connectivity index (χ1n) is 5.69. The number of nitro groups is 2. The lowest BCUT2D eigenvalue weighted by molar-refractivity contribution is -0.385. The number of phenolic OH excluding ortho intramolecular Hbond substituents is 2. The van der Waals surface area contributed by atoms with Gasteiger partial charge in [0.05, 0.1) is 24.1 Å². The summed E-state index contributed by atoms with van der Waals surface area (Å²) in [6.45, 7) is 0. The van der Waals surface area contributed by atoms with Crippen LogP contribution in [0.3, 0.4) is 0 Å². The molecule has 0 heterocycles. The van der Waals surface area contributed by atoms with E-state index in [2.05, 4.69) is 0 Å². The topological polar surface area (TPSA) is 127 Å². The highest BCUT2D eigenvalue weighted by molar-refractivity contribution is 14.1. The van der Waals surface area contributed by atoms with Crippen LogP contribution >= 0.6 is 90.4 Å². The number of nitrogens with zero attached hydrogens (tertiary/aromatic N) is 2. The number of nitro benzene ring substituents is 2. The van der Waals surface area contributed by atoms with Crippen molar-refractivity contribution in [2.24, 2.45) is 0 Å². The van der Waals surface area contributed by atoms with Crippen LogP contribution in [0.15, 0.2) is 24.3 Å². The summed E-state index contributed by atoms with van der Waals surface area (Å²) < 4.78 is 1.97. The first-order valence-corrected chi connectivity index (χ1v) is 10.0. The van der Waals surface area contributed by atoms with Gasteiger partial charge < -0.3 is 10.2 Å². The van der Waals surface area contributed by atoms with Crippen LogP contribution < -0.4 is 0 Å². The zero-order valence-corrected chi connectivity index (χ0v) is 19.9. The highest BCUT2D eigenvalue weighted by atomic mass is 127. The lowest BCUT2D eigenvalue weighted by Crippen LogP contribution is -1.90. The van der Waals surface area contributed by atoms with Gasteiger partial charge in [0.2, 0.25) is 0 Å². The molecule has 0 saturated carbocycles. The molecule has 0 radical (unpaired) electrons. The third kappa shape index (κ3) is 5.93. The molecule has 2 aromatic carbocycles. The Labute approximate surface area is 189 Å². The molecule has 0 amide bonds. The van der Waals surface area contributed by atoms with Crippen LogP contribution in [0.2, 0.25) is 0 Å². The van der Waals surface area contributed by atoms with Crippen LogP contribution in [0.5, 0.6) is 11.5 Å². The SMILES string of the molecule is O=[N+]([O-])c1cc(I)c(O)c(I)c1.O=[N+]([O-])c1cc(I)c(O)c(I)c1. The molecule has 2 N–H and O–H groups in total. The van der Waals surface area contributed by atoms with Gasteiger partial charge in [0.1, 0.15) is 11.5 Å². The van der Waals surface area contributed by atoms with Crippen molar-refractivity contribution in [1.82, 2.24) is 0 Å². The summed E-state index contributed by atoms with van der Waals surface area (Å²) in [5, 5.41) is 39.2. The van der Waals surface area contributed by atoms with Crippen molar-refractivity contribution in [3.05, 3.63) is 58.8 Å². The molecule has 0 atom stereocenters. The lowest BCUT2D eigenvalue weighted by atomic mass is 10.3. The number of hydrogen-bond acceptors (Lipinski definition) is 6. The zero-order chi connectivity index (χ0) is 18.6. The van der Waals surface area contributed by atoms with E-state index in [1.54, 1.807) is 0 Å². The summed E-state index contributed by atoms with van der Waals surface area (Å²) in [6.07, 6.45) is 0. The maximum absolute atomic E-state index is 10.3. The summed E-state index contributed by atoms with van der Waals surface area (Å²) in [6, 6.07) is 5.33. The number of halogens is 4. The highest BCUT2D eigenvalue weighted by Gasteiger charge is 2.13. The van der Waals surface area contributed by atoms with Gasteiger partial charge >= 0.3 is 0 Å². The average molecular weight is 782 g/mol. The first-order chi connectivity index (χ1) is 11.0. The van der Waals surface area contributed by atoms with Gasteiger partial charge in [0, 0.05) is 24.3 Å². The second-order valence-corrected chi connectivity index (χ2v) is 8.68. The zero-order valence-electron chi connectivity index (χ0n) is 11.2. The van der Waals surface area contributed by atoms with E-state index in [9.17, 15) is 30.4 Å². The van der Waals surface area contributed by atoms with Gasteiger partial charge in [-0.1, -0.05) is 0 Å². The number of non-ortho nitro benzene ring substituents is 2. The summed E-state index contributed by atoms with van der Waals surface area (Å²) in [5.41, 5.74) is 0.00296. The Morgan fingerprint density at radius 2 is 0.875 bits per heavy atom. The second-order valence-electron chi connectivity index (χ2n) is 4.03. The minimum atomic E-state index is -0.482. The van der Waals surface area contributed by atoms with Crippen molar-refractivity contribution >= 4 is 102 Å². The van der Waals surface area contributed by atoms with E-state index < -0.39 is 9.85 Å². The van der Waals surface area contributed by atoms with Crippen LogP contribution in [0.25, 0.3) is 0 Å². The van der Waals surface area contributed by atoms with Crippen LogP contribution in [0, 0.1) is 34.5 Å². The molecule has 0 aliphatic heterocycles. The molecular weight excluding hydrogens is 776 g/mol. The quantitative estimate of drug-likeness (QED) is 0.251. The largest absolute Gasteiger partial charge is 0.506 e. The van der Waals surface area contributed by atoms with Gasteiger partial charge in [-0.15, -0.1) is 0 Å². The van der Waals surface area contributed by atoms with Gasteiger partial charge in [0.25, 0.3) is 11.4 Å². The van der Waals surface area contributed by atoms with Crippen molar-refractivity contribution in [3.63, 3.8) is 0 Å². The highest BCUT2D eigenvalue weighted by Crippen LogP contribution is 2.31. The molecule has 0 unspecified atom stereocenters. The molecular formula is C12H6I4N2O6. The van der Waals surface area contributed by atoms with Crippen molar-refractivity contribution in [2.75, 3.05) is 0 Å². The molecule has 12 heteroatoms. The van der Waals surface area contributed by atoms with Crippen LogP contribution in [0.4, 0.5) is 11.4 Å². The van der Waals surface area contributed by atoms with Crippen LogP contribution in [-0.4, -0.2) is 20.1 Å². The summed E-state index contributed by atoms with van der Waals surface area (Å²) in [4.78, 5) is 19.7. The Morgan fingerprint density at radius 3 is 1.04 bits per heavy atom. The Morgan fingerprint density at radius 1 is 0.667 bits per heavy atom. The van der Waals surface area contributed by atoms with Crippen molar-refractivity contribution in [1.29, 1.82) is 0 Å². The summed E-state index contributed by atoms with van der Waals surface area (Å²) in [7, 11) is 0. The molecule has 8 nitrogen and oxygen atoms in total. The van der Waals surface area contributed by atoms with Crippen LogP contribution in [-0.2, 0) is 0 Å². The maximum atomic E-state index is 10.3. The maximum Gasteiger partial charge on any atom is 0.271 e. The molecule has 128 valence electrons. The molecule has 0 bridgehead atoms. The normalized spacial score (nSPS) is 9.83. The van der Waals surface area contributed by atoms with Gasteiger partial charge in [0.15, 0.2) is 0 Å². The predicted octanol–water partition coefficient (Wildman–Crippen LogP) is 5.02. The van der Waals surface area contributed by atoms with Gasteiger partial charge in [-0.3, -0.25) is 20.2 Å². The van der Waals surface area contributed by atoms with E-state index in [1.807, 2.05) is 90.4 Å². The fraction of sp³-hybridized carbons (Fsp3) is 0. The number of phenols is 2. The second kappa shape index (κ2) is 9.46. The van der Waals surface area contributed by atoms with Gasteiger partial charge in [-0.25, -0.2) is 0 Å². The monoisotopic (exact) mass is 782 g/mol. The van der Waals surface area contributed by atoms with Crippen molar-refractivity contribution < 1.29 is 20.1 Å². The van der Waals surface area contributed by atoms with E-state index in [4.69, 9.17) is 0 Å². The number of aromatic hydroxyl groups is 2. The minimum absolute atomic E-state index is 0.00148. The van der Waals surface area contributed by atoms with Crippen LogP contribution in [0.1, 0.15) is 0 Å². The summed E-state index contributed by atoms with van der Waals surface area (Å²) >= 11 is 7.40. The molecule has 0 spiro atoms. The molecule has 0 aliphatic rings. The van der Waals surface area contributed by atoms with E-state index in [1.165, 1.54) is 24.3 Å². The minimum Gasteiger partial charge on any atom is -0.506 e. The average Bonchev–Trinajstić information content (AvgIpc) is 2.49. The Kier molecular flexibility index (Phi) is 8.59. The standard InChI is InChI=1S/2C6H3I2NO3/c2*7-4-1-3(9(11)12)2-5(8)6(4)10/h2*1-2,10H. The first kappa shape index (κ1) is 21.8.